The number of piperazine rings is 1. The minimum Gasteiger partial charge on any atom is -0.366 e. The molecule has 0 unspecified atom stereocenters. The van der Waals surface area contributed by atoms with Crippen LogP contribution in [0.4, 0.5) is 24.8 Å². The molecule has 3 aliphatic rings. The maximum atomic E-state index is 14.1. The summed E-state index contributed by atoms with van der Waals surface area (Å²) in [5, 5.41) is 4.17. The zero-order valence-electron chi connectivity index (χ0n) is 25.3. The van der Waals surface area contributed by atoms with Crippen LogP contribution in [-0.2, 0) is 33.2 Å². The van der Waals surface area contributed by atoms with Crippen LogP contribution in [0.25, 0.3) is 10.9 Å². The van der Waals surface area contributed by atoms with Crippen molar-refractivity contribution >= 4 is 38.5 Å². The summed E-state index contributed by atoms with van der Waals surface area (Å²) in [6.45, 7) is 3.68. The number of benzene rings is 1. The Kier molecular flexibility index (Phi) is 7.43. The third kappa shape index (κ3) is 5.65. The van der Waals surface area contributed by atoms with Crippen LogP contribution in [0, 0.1) is 5.41 Å². The number of hydrogen-bond acceptors (Lipinski definition) is 9. The molecule has 3 heterocycles. The number of aryl methyl sites for hydroxylation is 1. The maximum Gasteiger partial charge on any atom is 0.403 e. The number of carbonyl (C=O) groups is 1. The number of halogens is 3. The summed E-state index contributed by atoms with van der Waals surface area (Å²) in [4.78, 5) is 39.8. The molecule has 1 aromatic carbocycles. The first-order valence-electron chi connectivity index (χ1n) is 14.6. The molecule has 2 N–H and O–H groups in total. The fourth-order valence-corrected chi connectivity index (χ4v) is 7.41. The molecule has 2 saturated carbocycles. The summed E-state index contributed by atoms with van der Waals surface area (Å²) in [6, 6.07) is 2.09. The highest BCUT2D eigenvalue weighted by Crippen LogP contribution is 2.59. The molecular weight excluding hydrogens is 617 g/mol. The van der Waals surface area contributed by atoms with E-state index in [1.807, 2.05) is 0 Å². The van der Waals surface area contributed by atoms with Crippen molar-refractivity contribution in [3.05, 3.63) is 40.4 Å². The van der Waals surface area contributed by atoms with E-state index in [9.17, 15) is 31.2 Å². The van der Waals surface area contributed by atoms with Gasteiger partial charge in [0.2, 0.25) is 21.9 Å². The van der Waals surface area contributed by atoms with Gasteiger partial charge in [0, 0.05) is 50.0 Å². The van der Waals surface area contributed by atoms with Gasteiger partial charge in [-0.3, -0.25) is 23.7 Å². The van der Waals surface area contributed by atoms with Crippen molar-refractivity contribution in [2.24, 2.45) is 12.5 Å². The van der Waals surface area contributed by atoms with Gasteiger partial charge in [0.15, 0.2) is 0 Å². The van der Waals surface area contributed by atoms with Crippen LogP contribution in [0.5, 0.6) is 0 Å². The largest absolute Gasteiger partial charge is 0.403 e. The Labute approximate surface area is 257 Å². The Morgan fingerprint density at radius 2 is 1.89 bits per heavy atom. The number of nitrogens with zero attached hydrogens (tertiary/aromatic N) is 6. The second kappa shape index (κ2) is 10.7. The first-order chi connectivity index (χ1) is 21.1. The molecule has 2 aliphatic carbocycles. The van der Waals surface area contributed by atoms with Crippen LogP contribution in [0.15, 0.2) is 34.2 Å². The van der Waals surface area contributed by atoms with E-state index in [-0.39, 0.29) is 60.8 Å². The molecule has 0 spiro atoms. The lowest BCUT2D eigenvalue weighted by Gasteiger charge is -2.42. The third-order valence-corrected chi connectivity index (χ3v) is 10.5. The van der Waals surface area contributed by atoms with E-state index in [0.717, 1.165) is 0 Å². The fourth-order valence-electron chi connectivity index (χ4n) is 5.90. The van der Waals surface area contributed by atoms with E-state index in [1.54, 1.807) is 42.9 Å². The van der Waals surface area contributed by atoms with Gasteiger partial charge in [-0.05, 0) is 51.7 Å². The molecule has 17 heteroatoms. The molecule has 244 valence electrons. The number of aromatic nitrogens is 4. The molecule has 1 atom stereocenters. The van der Waals surface area contributed by atoms with Gasteiger partial charge in [0.25, 0.3) is 5.56 Å². The van der Waals surface area contributed by atoms with E-state index in [4.69, 9.17) is 4.84 Å². The van der Waals surface area contributed by atoms with E-state index >= 15 is 0 Å². The van der Waals surface area contributed by atoms with Gasteiger partial charge in [-0.25, -0.2) is 23.6 Å². The van der Waals surface area contributed by atoms with Crippen LogP contribution < -0.4 is 20.7 Å². The molecule has 1 saturated heterocycles. The number of rotatable bonds is 9. The smallest absolute Gasteiger partial charge is 0.366 e. The van der Waals surface area contributed by atoms with E-state index < -0.39 is 44.7 Å². The molecule has 13 nitrogen and oxygen atoms in total. The van der Waals surface area contributed by atoms with Gasteiger partial charge in [-0.15, -0.1) is 0 Å². The van der Waals surface area contributed by atoms with Crippen molar-refractivity contribution in [3.8, 4) is 0 Å². The van der Waals surface area contributed by atoms with Crippen molar-refractivity contribution < 1.29 is 31.2 Å². The summed E-state index contributed by atoms with van der Waals surface area (Å²) >= 11 is 0. The molecule has 3 fully saturated rings. The van der Waals surface area contributed by atoms with Crippen LogP contribution in [0.2, 0.25) is 0 Å². The zero-order chi connectivity index (χ0) is 32.5. The Hall–Kier alpha value is -3.70. The zero-order valence-corrected chi connectivity index (χ0v) is 26.1. The lowest BCUT2D eigenvalue weighted by atomic mass is 10.0. The summed E-state index contributed by atoms with van der Waals surface area (Å²) in [5.74, 6) is -0.879. The van der Waals surface area contributed by atoms with E-state index in [2.05, 4.69) is 20.3 Å². The number of hydrogen-bond donors (Lipinski definition) is 2. The number of carbonyl (C=O) groups excluding carboxylic acids is 1. The predicted molar refractivity (Wildman–Crippen MR) is 158 cm³/mol. The summed E-state index contributed by atoms with van der Waals surface area (Å²) in [7, 11) is -0.982. The average Bonchev–Trinajstić information content (AvgIpc) is 3.88. The van der Waals surface area contributed by atoms with Gasteiger partial charge < -0.3 is 9.80 Å². The molecule has 0 bridgehead atoms. The van der Waals surface area contributed by atoms with Gasteiger partial charge in [-0.1, -0.05) is 0 Å². The molecule has 2 aromatic heterocycles. The molecule has 1 aliphatic heterocycles. The van der Waals surface area contributed by atoms with Crippen LogP contribution >= 0.6 is 0 Å². The Morgan fingerprint density at radius 3 is 2.44 bits per heavy atom. The summed E-state index contributed by atoms with van der Waals surface area (Å²) in [6.07, 6.45) is -0.433. The molecule has 45 heavy (non-hydrogen) atoms. The summed E-state index contributed by atoms with van der Waals surface area (Å²) in [5.41, 5.74) is 0.341. The van der Waals surface area contributed by atoms with Crippen molar-refractivity contribution in [1.82, 2.24) is 29.0 Å². The Bertz CT molecular complexity index is 1830. The monoisotopic (exact) mass is 652 g/mol. The quantitative estimate of drug-likeness (QED) is 0.333. The first-order valence-corrected chi connectivity index (χ1v) is 16.1. The minimum absolute atomic E-state index is 0.0200. The maximum absolute atomic E-state index is 14.1. The highest BCUT2D eigenvalue weighted by Gasteiger charge is 2.69. The molecule has 6 rings (SSSR count). The molecular formula is C28H35F3N8O5S. The molecule has 0 radical (unpaired) electrons. The highest BCUT2D eigenvalue weighted by atomic mass is 32.2. The van der Waals surface area contributed by atoms with Crippen molar-refractivity contribution in [2.45, 2.75) is 68.7 Å². The standard InChI is InChI=1S/C28H35F3N8O5S/c1-17-14-37(9-10-38(17)24(41)27(7-8-27)28(29,30)31)21-12-19(45(42,43)35-26(2)5-6-26)11-20-22(21)33-25(34-44-4)39(23(20)40)16-18-13-32-36(3)15-18/h11-13,15,17,35H,5-10,14,16H2,1-4H3,(H,33,34)/t17-/m1/s1. The average molecular weight is 653 g/mol. The van der Waals surface area contributed by atoms with Gasteiger partial charge in [0.1, 0.15) is 10.9 Å². The highest BCUT2D eigenvalue weighted by molar-refractivity contribution is 7.89. The van der Waals surface area contributed by atoms with E-state index in [1.165, 1.54) is 28.7 Å². The number of nitrogens with one attached hydrogen (secondary N) is 2. The molecule has 1 amide bonds. The molecule has 3 aromatic rings. The van der Waals surface area contributed by atoms with Gasteiger partial charge in [-0.2, -0.15) is 18.3 Å². The van der Waals surface area contributed by atoms with Crippen LogP contribution in [0.1, 0.15) is 45.1 Å². The number of fused-ring (bicyclic) bond motifs is 1. The van der Waals surface area contributed by atoms with Gasteiger partial charge >= 0.3 is 6.18 Å². The van der Waals surface area contributed by atoms with Gasteiger partial charge in [0.05, 0.1) is 35.8 Å². The lowest BCUT2D eigenvalue weighted by Crippen LogP contribution is -2.57. The van der Waals surface area contributed by atoms with E-state index in [0.29, 0.717) is 24.1 Å². The fraction of sp³-hybridized carbons (Fsp3) is 0.571. The number of amides is 1. The van der Waals surface area contributed by atoms with Crippen LogP contribution in [-0.4, -0.2) is 83.1 Å². The summed E-state index contributed by atoms with van der Waals surface area (Å²) < 4.78 is 74.0. The first kappa shape index (κ1) is 31.3. The van der Waals surface area contributed by atoms with Crippen molar-refractivity contribution in [3.63, 3.8) is 0 Å². The Balaban J connectivity index is 1.44. The normalized spacial score (nSPS) is 20.8. The topological polar surface area (TPSA) is 144 Å². The SMILES string of the molecule is CONc1nc2c(N3CCN(C(=O)C4(C(F)(F)F)CC4)[C@H](C)C3)cc(S(=O)(=O)NC3(C)CC3)cc2c(=O)n1Cc1cnn(C)c1. The third-order valence-electron chi connectivity index (χ3n) is 8.93. The number of sulfonamides is 1. The Morgan fingerprint density at radius 1 is 1.18 bits per heavy atom. The van der Waals surface area contributed by atoms with Crippen molar-refractivity contribution in [1.29, 1.82) is 0 Å². The number of alkyl halides is 3. The minimum atomic E-state index is -4.63. The number of anilines is 2. The second-order valence-electron chi connectivity index (χ2n) is 12.5. The van der Waals surface area contributed by atoms with Crippen LogP contribution in [0.3, 0.4) is 0 Å². The lowest BCUT2D eigenvalue weighted by molar-refractivity contribution is -0.199. The second-order valence-corrected chi connectivity index (χ2v) is 14.2. The van der Waals surface area contributed by atoms with Crippen molar-refractivity contribution in [2.75, 3.05) is 37.1 Å². The predicted octanol–water partition coefficient (Wildman–Crippen LogP) is 2.36.